The van der Waals surface area contributed by atoms with Crippen molar-refractivity contribution < 1.29 is 4.74 Å². The van der Waals surface area contributed by atoms with Crippen molar-refractivity contribution in [3.8, 4) is 6.07 Å². The van der Waals surface area contributed by atoms with Gasteiger partial charge in [-0.25, -0.2) is 4.68 Å². The summed E-state index contributed by atoms with van der Waals surface area (Å²) in [4.78, 5) is 0. The summed E-state index contributed by atoms with van der Waals surface area (Å²) in [5.41, 5.74) is 7.40. The number of ether oxygens (including phenoxy) is 1. The van der Waals surface area contributed by atoms with E-state index in [0.29, 0.717) is 30.5 Å². The van der Waals surface area contributed by atoms with Crippen molar-refractivity contribution in [2.45, 2.75) is 38.1 Å². The highest BCUT2D eigenvalue weighted by Gasteiger charge is 2.25. The first-order chi connectivity index (χ1) is 8.27. The standard InChI is InChI=1S/C12H18N4O/c1-17-7-6-16-12(14)10(8-13)11(15-16)9-4-2-3-5-9/h9H,2-7,14H2,1H3. The molecule has 92 valence electrons. The van der Waals surface area contributed by atoms with Crippen LogP contribution in [0.3, 0.4) is 0 Å². The maximum atomic E-state index is 9.18. The minimum Gasteiger partial charge on any atom is -0.383 e. The van der Waals surface area contributed by atoms with Crippen LogP contribution in [0.2, 0.25) is 0 Å². The van der Waals surface area contributed by atoms with Crippen molar-refractivity contribution in [2.24, 2.45) is 0 Å². The normalized spacial score (nSPS) is 16.2. The third-order valence-electron chi connectivity index (χ3n) is 3.38. The molecule has 0 amide bonds. The molecule has 2 rings (SSSR count). The van der Waals surface area contributed by atoms with E-state index in [2.05, 4.69) is 11.2 Å². The zero-order valence-corrected chi connectivity index (χ0v) is 10.1. The van der Waals surface area contributed by atoms with Crippen molar-refractivity contribution in [2.75, 3.05) is 19.5 Å². The van der Waals surface area contributed by atoms with Crippen molar-refractivity contribution >= 4 is 5.82 Å². The van der Waals surface area contributed by atoms with E-state index in [9.17, 15) is 5.26 Å². The Balaban J connectivity index is 2.28. The predicted molar refractivity (Wildman–Crippen MR) is 64.4 cm³/mol. The largest absolute Gasteiger partial charge is 0.383 e. The number of hydrogen-bond donors (Lipinski definition) is 1. The van der Waals surface area contributed by atoms with Crippen LogP contribution in [0.4, 0.5) is 5.82 Å². The fourth-order valence-corrected chi connectivity index (χ4v) is 2.44. The van der Waals surface area contributed by atoms with Gasteiger partial charge in [0.1, 0.15) is 17.5 Å². The van der Waals surface area contributed by atoms with Gasteiger partial charge < -0.3 is 10.5 Å². The highest BCUT2D eigenvalue weighted by molar-refractivity contribution is 5.53. The van der Waals surface area contributed by atoms with Gasteiger partial charge in [-0.05, 0) is 12.8 Å². The Morgan fingerprint density at radius 3 is 2.82 bits per heavy atom. The average molecular weight is 234 g/mol. The zero-order chi connectivity index (χ0) is 12.3. The summed E-state index contributed by atoms with van der Waals surface area (Å²) in [5, 5.41) is 13.7. The topological polar surface area (TPSA) is 76.9 Å². The molecule has 2 N–H and O–H groups in total. The van der Waals surface area contributed by atoms with Crippen LogP contribution in [0.15, 0.2) is 0 Å². The lowest BCUT2D eigenvalue weighted by Crippen LogP contribution is -2.09. The molecule has 0 aliphatic heterocycles. The van der Waals surface area contributed by atoms with E-state index in [4.69, 9.17) is 10.5 Å². The second-order valence-corrected chi connectivity index (χ2v) is 4.45. The summed E-state index contributed by atoms with van der Waals surface area (Å²) in [6.45, 7) is 1.16. The number of methoxy groups -OCH3 is 1. The van der Waals surface area contributed by atoms with E-state index < -0.39 is 0 Å². The lowest BCUT2D eigenvalue weighted by Gasteiger charge is -2.04. The first kappa shape index (κ1) is 11.9. The van der Waals surface area contributed by atoms with Gasteiger partial charge in [-0.15, -0.1) is 0 Å². The van der Waals surface area contributed by atoms with Crippen LogP contribution >= 0.6 is 0 Å². The van der Waals surface area contributed by atoms with E-state index in [0.717, 1.165) is 18.5 Å². The Bertz CT molecular complexity index is 426. The Kier molecular flexibility index (Phi) is 3.64. The Hall–Kier alpha value is -1.54. The second kappa shape index (κ2) is 5.19. The highest BCUT2D eigenvalue weighted by atomic mass is 16.5. The fraction of sp³-hybridized carbons (Fsp3) is 0.667. The van der Waals surface area contributed by atoms with E-state index in [1.807, 2.05) is 0 Å². The highest BCUT2D eigenvalue weighted by Crippen LogP contribution is 2.36. The third kappa shape index (κ3) is 2.27. The number of hydrogen-bond acceptors (Lipinski definition) is 4. The second-order valence-electron chi connectivity index (χ2n) is 4.45. The smallest absolute Gasteiger partial charge is 0.140 e. The minimum absolute atomic E-state index is 0.413. The quantitative estimate of drug-likeness (QED) is 0.859. The molecule has 0 radical (unpaired) electrons. The molecular formula is C12H18N4O. The molecule has 1 aliphatic carbocycles. The summed E-state index contributed by atoms with van der Waals surface area (Å²) >= 11 is 0. The van der Waals surface area contributed by atoms with E-state index in [1.165, 1.54) is 12.8 Å². The van der Waals surface area contributed by atoms with Gasteiger partial charge in [0.25, 0.3) is 0 Å². The molecule has 0 saturated heterocycles. The molecule has 1 saturated carbocycles. The molecule has 1 aliphatic rings. The van der Waals surface area contributed by atoms with Gasteiger partial charge in [0.05, 0.1) is 18.8 Å². The molecule has 1 aromatic rings. The number of nitriles is 1. The van der Waals surface area contributed by atoms with Gasteiger partial charge in [-0.3, -0.25) is 0 Å². The Labute approximate surface area is 101 Å². The van der Waals surface area contributed by atoms with E-state index in [1.54, 1.807) is 11.8 Å². The molecule has 0 aromatic carbocycles. The van der Waals surface area contributed by atoms with Crippen molar-refractivity contribution in [3.63, 3.8) is 0 Å². The van der Waals surface area contributed by atoms with Crippen molar-refractivity contribution in [3.05, 3.63) is 11.3 Å². The van der Waals surface area contributed by atoms with Crippen molar-refractivity contribution in [1.29, 1.82) is 5.26 Å². The first-order valence-corrected chi connectivity index (χ1v) is 6.03. The molecule has 1 heterocycles. The average Bonchev–Trinajstić information content (AvgIpc) is 2.94. The van der Waals surface area contributed by atoms with Crippen LogP contribution in [0.25, 0.3) is 0 Å². The Morgan fingerprint density at radius 2 is 2.24 bits per heavy atom. The van der Waals surface area contributed by atoms with Crippen LogP contribution in [-0.4, -0.2) is 23.5 Å². The summed E-state index contributed by atoms with van der Waals surface area (Å²) < 4.78 is 6.70. The molecule has 17 heavy (non-hydrogen) atoms. The van der Waals surface area contributed by atoms with Gasteiger partial charge in [0.15, 0.2) is 0 Å². The van der Waals surface area contributed by atoms with Crippen LogP contribution in [-0.2, 0) is 11.3 Å². The lowest BCUT2D eigenvalue weighted by molar-refractivity contribution is 0.184. The summed E-state index contributed by atoms with van der Waals surface area (Å²) in [5.74, 6) is 0.891. The summed E-state index contributed by atoms with van der Waals surface area (Å²) in [6, 6.07) is 2.19. The number of anilines is 1. The fourth-order valence-electron chi connectivity index (χ4n) is 2.44. The minimum atomic E-state index is 0.413. The van der Waals surface area contributed by atoms with Crippen LogP contribution in [0.1, 0.15) is 42.9 Å². The number of nitrogens with zero attached hydrogens (tertiary/aromatic N) is 3. The molecule has 5 heteroatoms. The van der Waals surface area contributed by atoms with E-state index >= 15 is 0 Å². The monoisotopic (exact) mass is 234 g/mol. The van der Waals surface area contributed by atoms with Crippen LogP contribution < -0.4 is 5.73 Å². The number of rotatable bonds is 4. The number of nitrogen functional groups attached to an aromatic ring is 1. The van der Waals surface area contributed by atoms with Gasteiger partial charge >= 0.3 is 0 Å². The molecule has 1 fully saturated rings. The molecule has 0 unspecified atom stereocenters. The van der Waals surface area contributed by atoms with E-state index in [-0.39, 0.29) is 0 Å². The molecular weight excluding hydrogens is 216 g/mol. The van der Waals surface area contributed by atoms with Gasteiger partial charge in [-0.2, -0.15) is 10.4 Å². The molecule has 0 spiro atoms. The summed E-state index contributed by atoms with van der Waals surface area (Å²) in [7, 11) is 1.64. The van der Waals surface area contributed by atoms with Crippen LogP contribution in [0, 0.1) is 11.3 Å². The maximum absolute atomic E-state index is 9.18. The van der Waals surface area contributed by atoms with Gasteiger partial charge in [-0.1, -0.05) is 12.8 Å². The maximum Gasteiger partial charge on any atom is 0.140 e. The molecule has 5 nitrogen and oxygen atoms in total. The Morgan fingerprint density at radius 1 is 1.53 bits per heavy atom. The molecule has 0 atom stereocenters. The number of nitrogens with two attached hydrogens (primary N) is 1. The molecule has 1 aromatic heterocycles. The number of aromatic nitrogens is 2. The summed E-state index contributed by atoms with van der Waals surface area (Å²) in [6.07, 6.45) is 4.69. The first-order valence-electron chi connectivity index (χ1n) is 6.03. The third-order valence-corrected chi connectivity index (χ3v) is 3.38. The van der Waals surface area contributed by atoms with Crippen LogP contribution in [0.5, 0.6) is 0 Å². The predicted octanol–water partition coefficient (Wildman–Crippen LogP) is 1.64. The van der Waals surface area contributed by atoms with Gasteiger partial charge in [0, 0.05) is 13.0 Å². The molecule has 0 bridgehead atoms. The zero-order valence-electron chi connectivity index (χ0n) is 10.1. The lowest BCUT2D eigenvalue weighted by atomic mass is 10.0. The van der Waals surface area contributed by atoms with Crippen molar-refractivity contribution in [1.82, 2.24) is 9.78 Å². The SMILES string of the molecule is COCCn1nc(C2CCCC2)c(C#N)c1N. The van der Waals surface area contributed by atoms with Gasteiger partial charge in [0.2, 0.25) is 0 Å².